The van der Waals surface area contributed by atoms with Gasteiger partial charge in [0.05, 0.1) is 19.3 Å². The molecule has 0 radical (unpaired) electrons. The molecule has 2 heterocycles. The smallest absolute Gasteiger partial charge is 0.106 e. The zero-order valence-corrected chi connectivity index (χ0v) is 13.5. The Hall–Kier alpha value is -1.36. The van der Waals surface area contributed by atoms with Gasteiger partial charge in [-0.1, -0.05) is 12.2 Å². The molecule has 0 aromatic heterocycles. The summed E-state index contributed by atoms with van der Waals surface area (Å²) in [6.45, 7) is 8.45. The summed E-state index contributed by atoms with van der Waals surface area (Å²) in [4.78, 5) is 1.61. The molecule has 0 saturated heterocycles. The molecular formula is C16H14N2S2. The van der Waals surface area contributed by atoms with Crippen LogP contribution in [0.3, 0.4) is 0 Å². The largest absolute Gasteiger partial charge is 0.192 e. The summed E-state index contributed by atoms with van der Waals surface area (Å²) >= 11 is 3.29. The van der Waals surface area contributed by atoms with Crippen molar-refractivity contribution in [2.24, 2.45) is 0 Å². The lowest BCUT2D eigenvalue weighted by Gasteiger charge is -2.45. The molecule has 0 aromatic rings. The van der Waals surface area contributed by atoms with Gasteiger partial charge < -0.3 is 0 Å². The van der Waals surface area contributed by atoms with E-state index in [0.29, 0.717) is 0 Å². The van der Waals surface area contributed by atoms with E-state index < -0.39 is 0 Å². The number of hydrogen-bond donors (Lipinski definition) is 0. The normalized spacial score (nSPS) is 35.1. The summed E-state index contributed by atoms with van der Waals surface area (Å²) in [6.07, 6.45) is 4.27. The van der Waals surface area contributed by atoms with E-state index in [1.807, 2.05) is 13.8 Å². The highest BCUT2D eigenvalue weighted by Crippen LogP contribution is 2.67. The average molecular weight is 298 g/mol. The van der Waals surface area contributed by atoms with Gasteiger partial charge in [-0.15, -0.1) is 23.5 Å². The summed E-state index contributed by atoms with van der Waals surface area (Å²) in [5.74, 6) is 0. The number of allylic oxidation sites excluding steroid dienone is 6. The molecule has 2 unspecified atom stereocenters. The molecule has 0 bridgehead atoms. The maximum Gasteiger partial charge on any atom is 0.106 e. The minimum atomic E-state index is -0.184. The number of thioether (sulfide) groups is 2. The van der Waals surface area contributed by atoms with Crippen LogP contribution < -0.4 is 0 Å². The molecule has 0 amide bonds. The van der Waals surface area contributed by atoms with Gasteiger partial charge in [-0.2, -0.15) is 10.5 Å². The first kappa shape index (κ1) is 13.6. The lowest BCUT2D eigenvalue weighted by molar-refractivity contribution is 0.611. The van der Waals surface area contributed by atoms with Crippen LogP contribution in [0.5, 0.6) is 0 Å². The van der Waals surface area contributed by atoms with Crippen LogP contribution >= 0.6 is 23.5 Å². The molecule has 1 aliphatic carbocycles. The predicted molar refractivity (Wildman–Crippen MR) is 84.8 cm³/mol. The number of fused-ring (bicyclic) bond motifs is 3. The van der Waals surface area contributed by atoms with Gasteiger partial charge in [-0.3, -0.25) is 0 Å². The molecule has 0 aromatic carbocycles. The van der Waals surface area contributed by atoms with Crippen molar-refractivity contribution >= 4 is 23.5 Å². The third-order valence-electron chi connectivity index (χ3n) is 4.66. The minimum Gasteiger partial charge on any atom is -0.192 e. The maximum absolute atomic E-state index is 9.33. The Morgan fingerprint density at radius 3 is 1.50 bits per heavy atom. The second kappa shape index (κ2) is 4.07. The molecule has 0 saturated carbocycles. The Morgan fingerprint density at radius 2 is 1.20 bits per heavy atom. The second-order valence-corrected chi connectivity index (χ2v) is 8.42. The van der Waals surface area contributed by atoms with E-state index in [1.165, 1.54) is 11.1 Å². The lowest BCUT2D eigenvalue weighted by Crippen LogP contribution is -2.46. The number of nitrogens with zero attached hydrogens (tertiary/aromatic N) is 2. The van der Waals surface area contributed by atoms with Gasteiger partial charge in [0, 0.05) is 0 Å². The van der Waals surface area contributed by atoms with Crippen LogP contribution in [0.15, 0.2) is 44.3 Å². The van der Waals surface area contributed by atoms with Gasteiger partial charge in [0.1, 0.15) is 12.1 Å². The monoisotopic (exact) mass is 298 g/mol. The molecule has 3 rings (SSSR count). The van der Waals surface area contributed by atoms with Crippen molar-refractivity contribution in [3.63, 3.8) is 0 Å². The molecule has 2 nitrogen and oxygen atoms in total. The van der Waals surface area contributed by atoms with Gasteiger partial charge >= 0.3 is 0 Å². The highest BCUT2D eigenvalue weighted by atomic mass is 32.2. The maximum atomic E-state index is 9.33. The van der Waals surface area contributed by atoms with Gasteiger partial charge in [0.15, 0.2) is 0 Å². The first-order chi connectivity index (χ1) is 9.39. The molecule has 2 aliphatic heterocycles. The summed E-state index contributed by atoms with van der Waals surface area (Å²) in [7, 11) is 0. The van der Waals surface area contributed by atoms with Crippen LogP contribution in [-0.4, -0.2) is 9.49 Å². The molecule has 0 N–H and O–H groups in total. The standard InChI is InChI=1S/C16H14N2S2/c1-9-11-5-6-12-10(2)14(8-18)20-16(12,4)15(11,3)19-13(9)7-17/h5-6H,1-4H3. The molecule has 2 atom stereocenters. The van der Waals surface area contributed by atoms with Crippen molar-refractivity contribution in [2.75, 3.05) is 0 Å². The van der Waals surface area contributed by atoms with Crippen molar-refractivity contribution in [3.8, 4) is 12.1 Å². The van der Waals surface area contributed by atoms with E-state index >= 15 is 0 Å². The van der Waals surface area contributed by atoms with Crippen LogP contribution in [0.25, 0.3) is 0 Å². The number of rotatable bonds is 0. The molecule has 3 aliphatic rings. The Bertz CT molecular complexity index is 675. The highest BCUT2D eigenvalue weighted by Gasteiger charge is 2.58. The Balaban J connectivity index is 2.21. The van der Waals surface area contributed by atoms with Crippen molar-refractivity contribution < 1.29 is 0 Å². The van der Waals surface area contributed by atoms with Gasteiger partial charge in [-0.05, 0) is 50.0 Å². The quantitative estimate of drug-likeness (QED) is 0.662. The van der Waals surface area contributed by atoms with Crippen LogP contribution in [0.2, 0.25) is 0 Å². The predicted octanol–water partition coefficient (Wildman–Crippen LogP) is 4.46. The fourth-order valence-electron chi connectivity index (χ4n) is 3.29. The molecule has 4 heteroatoms. The van der Waals surface area contributed by atoms with Gasteiger partial charge in [0.25, 0.3) is 0 Å². The molecule has 0 fully saturated rings. The van der Waals surface area contributed by atoms with Crippen LogP contribution in [0, 0.1) is 22.7 Å². The summed E-state index contributed by atoms with van der Waals surface area (Å²) in [5.41, 5.74) is 4.62. The summed E-state index contributed by atoms with van der Waals surface area (Å²) < 4.78 is -0.368. The van der Waals surface area contributed by atoms with Crippen molar-refractivity contribution in [3.05, 3.63) is 44.3 Å². The Labute approximate surface area is 127 Å². The lowest BCUT2D eigenvalue weighted by atomic mass is 9.74. The molecule has 0 spiro atoms. The average Bonchev–Trinajstić information content (AvgIpc) is 2.84. The number of nitriles is 2. The van der Waals surface area contributed by atoms with Gasteiger partial charge in [0.2, 0.25) is 0 Å². The second-order valence-electron chi connectivity index (χ2n) is 5.56. The van der Waals surface area contributed by atoms with Gasteiger partial charge in [-0.25, -0.2) is 0 Å². The fraction of sp³-hybridized carbons (Fsp3) is 0.375. The topological polar surface area (TPSA) is 47.6 Å². The van der Waals surface area contributed by atoms with E-state index in [1.54, 1.807) is 23.5 Å². The van der Waals surface area contributed by atoms with E-state index in [-0.39, 0.29) is 9.49 Å². The summed E-state index contributed by atoms with van der Waals surface area (Å²) in [6, 6.07) is 4.64. The van der Waals surface area contributed by atoms with Crippen molar-refractivity contribution in [1.82, 2.24) is 0 Å². The Morgan fingerprint density at radius 1 is 0.850 bits per heavy atom. The van der Waals surface area contributed by atoms with Crippen LogP contribution in [0.4, 0.5) is 0 Å². The van der Waals surface area contributed by atoms with E-state index in [9.17, 15) is 10.5 Å². The van der Waals surface area contributed by atoms with Crippen molar-refractivity contribution in [1.29, 1.82) is 10.5 Å². The van der Waals surface area contributed by atoms with E-state index in [4.69, 9.17) is 0 Å². The van der Waals surface area contributed by atoms with E-state index in [2.05, 4.69) is 38.1 Å². The fourth-order valence-corrected chi connectivity index (χ4v) is 6.24. The minimum absolute atomic E-state index is 0.184. The summed E-state index contributed by atoms with van der Waals surface area (Å²) in [5, 5.41) is 18.7. The SMILES string of the molecule is CC1=C(C#N)SC2(C)C1=CC=C1C(C)=C(C#N)SC12C. The zero-order valence-electron chi connectivity index (χ0n) is 11.9. The number of hydrogen-bond acceptors (Lipinski definition) is 4. The molecular weight excluding hydrogens is 284 g/mol. The third-order valence-corrected chi connectivity index (χ3v) is 8.06. The third kappa shape index (κ3) is 1.36. The zero-order chi connectivity index (χ0) is 14.7. The van der Waals surface area contributed by atoms with Crippen molar-refractivity contribution in [2.45, 2.75) is 37.2 Å². The molecule has 100 valence electrons. The first-order valence-corrected chi connectivity index (χ1v) is 8.06. The first-order valence-electron chi connectivity index (χ1n) is 6.42. The molecule has 20 heavy (non-hydrogen) atoms. The van der Waals surface area contributed by atoms with E-state index in [0.717, 1.165) is 21.0 Å². The van der Waals surface area contributed by atoms with Crippen LogP contribution in [-0.2, 0) is 0 Å². The van der Waals surface area contributed by atoms with Crippen LogP contribution in [0.1, 0.15) is 27.7 Å². The highest BCUT2D eigenvalue weighted by molar-refractivity contribution is 8.09. The Kier molecular flexibility index (Phi) is 2.77.